The minimum Gasteiger partial charge on any atom is -0.493 e. The summed E-state index contributed by atoms with van der Waals surface area (Å²) in [6, 6.07) is 16.1. The van der Waals surface area contributed by atoms with E-state index in [4.69, 9.17) is 14.5 Å². The first kappa shape index (κ1) is 23.0. The van der Waals surface area contributed by atoms with Gasteiger partial charge in [0.05, 0.1) is 14.2 Å². The summed E-state index contributed by atoms with van der Waals surface area (Å²) in [6.45, 7) is 2.26. The molecule has 0 atom stereocenters. The lowest BCUT2D eigenvalue weighted by atomic mass is 9.96. The van der Waals surface area contributed by atoms with Gasteiger partial charge in [0.25, 0.3) is 0 Å². The van der Waals surface area contributed by atoms with Crippen molar-refractivity contribution in [2.45, 2.75) is 25.7 Å². The zero-order chi connectivity index (χ0) is 23.0. The fraction of sp³-hybridized carbons (Fsp3) is 0.400. The van der Waals surface area contributed by atoms with E-state index >= 15 is 0 Å². The molecule has 1 aliphatic heterocycles. The Labute approximate surface area is 198 Å². The second-order valence-corrected chi connectivity index (χ2v) is 8.88. The van der Waals surface area contributed by atoms with Gasteiger partial charge in [0.15, 0.2) is 11.5 Å². The third-order valence-electron chi connectivity index (χ3n) is 5.96. The van der Waals surface area contributed by atoms with Gasteiger partial charge in [-0.05, 0) is 42.5 Å². The lowest BCUT2D eigenvalue weighted by molar-refractivity contribution is -0.125. The van der Waals surface area contributed by atoms with Crippen LogP contribution in [0.4, 0.5) is 5.13 Å². The average Bonchev–Trinajstić information content (AvgIpc) is 3.33. The highest BCUT2D eigenvalue weighted by Crippen LogP contribution is 2.28. The summed E-state index contributed by atoms with van der Waals surface area (Å²) < 4.78 is 15.2. The van der Waals surface area contributed by atoms with Crippen molar-refractivity contribution in [1.82, 2.24) is 14.7 Å². The molecule has 1 saturated heterocycles. The summed E-state index contributed by atoms with van der Waals surface area (Å²) in [5, 5.41) is 4.05. The summed E-state index contributed by atoms with van der Waals surface area (Å²) in [6.07, 6.45) is 3.15. The van der Waals surface area contributed by atoms with E-state index < -0.39 is 0 Å². The molecule has 0 saturated carbocycles. The lowest BCUT2D eigenvalue weighted by Crippen LogP contribution is -2.41. The number of ether oxygens (including phenoxy) is 2. The molecule has 0 aliphatic carbocycles. The highest BCUT2D eigenvalue weighted by Gasteiger charge is 2.26. The van der Waals surface area contributed by atoms with Crippen LogP contribution in [0.3, 0.4) is 0 Å². The Morgan fingerprint density at radius 2 is 1.82 bits per heavy atom. The fourth-order valence-corrected chi connectivity index (χ4v) is 4.80. The second-order valence-electron chi connectivity index (χ2n) is 8.15. The molecule has 8 heteroatoms. The lowest BCUT2D eigenvalue weighted by Gasteiger charge is -2.30. The predicted molar refractivity (Wildman–Crippen MR) is 130 cm³/mol. The Bertz CT molecular complexity index is 1050. The smallest absolute Gasteiger partial charge is 0.223 e. The SMILES string of the molecule is COc1ccc(CCNC(=O)C2CCN(c3nc(Cc4ccccc4)ns3)CC2)cc1OC. The molecule has 3 aromatic rings. The first-order valence-electron chi connectivity index (χ1n) is 11.3. The number of hydrogen-bond donors (Lipinski definition) is 1. The maximum absolute atomic E-state index is 12.7. The van der Waals surface area contributed by atoms with Crippen molar-refractivity contribution in [2.75, 3.05) is 38.8 Å². The van der Waals surface area contributed by atoms with Gasteiger partial charge in [0.1, 0.15) is 5.82 Å². The number of carbonyl (C=O) groups is 1. The Morgan fingerprint density at radius 3 is 2.55 bits per heavy atom. The number of rotatable bonds is 9. The summed E-state index contributed by atoms with van der Waals surface area (Å²) in [5.74, 6) is 2.45. The fourth-order valence-electron chi connectivity index (χ4n) is 4.07. The molecule has 2 heterocycles. The summed E-state index contributed by atoms with van der Waals surface area (Å²) in [5.41, 5.74) is 2.32. The van der Waals surface area contributed by atoms with Gasteiger partial charge in [-0.1, -0.05) is 36.4 Å². The molecular weight excluding hydrogens is 436 g/mol. The van der Waals surface area contributed by atoms with Crippen LogP contribution in [-0.2, 0) is 17.6 Å². The van der Waals surface area contributed by atoms with E-state index in [2.05, 4.69) is 26.7 Å². The van der Waals surface area contributed by atoms with Crippen molar-refractivity contribution >= 4 is 22.6 Å². The Hall–Kier alpha value is -3.13. The normalized spacial score (nSPS) is 14.2. The molecule has 0 spiro atoms. The summed E-state index contributed by atoms with van der Waals surface area (Å²) in [7, 11) is 3.25. The van der Waals surface area contributed by atoms with Crippen LogP contribution in [0, 0.1) is 5.92 Å². The Kier molecular flexibility index (Phi) is 7.78. The molecule has 33 heavy (non-hydrogen) atoms. The maximum atomic E-state index is 12.7. The number of methoxy groups -OCH3 is 2. The van der Waals surface area contributed by atoms with Crippen molar-refractivity contribution in [1.29, 1.82) is 0 Å². The van der Waals surface area contributed by atoms with Crippen LogP contribution in [0.5, 0.6) is 11.5 Å². The highest BCUT2D eigenvalue weighted by atomic mass is 32.1. The topological polar surface area (TPSA) is 76.6 Å². The van der Waals surface area contributed by atoms with Crippen molar-refractivity contribution in [3.63, 3.8) is 0 Å². The van der Waals surface area contributed by atoms with E-state index in [1.54, 1.807) is 14.2 Å². The first-order valence-corrected chi connectivity index (χ1v) is 12.0. The number of amides is 1. The van der Waals surface area contributed by atoms with Gasteiger partial charge in [-0.2, -0.15) is 4.37 Å². The molecule has 1 N–H and O–H groups in total. The van der Waals surface area contributed by atoms with E-state index in [1.165, 1.54) is 17.1 Å². The molecule has 1 amide bonds. The molecule has 0 radical (unpaired) electrons. The first-order chi connectivity index (χ1) is 16.2. The summed E-state index contributed by atoms with van der Waals surface area (Å²) in [4.78, 5) is 19.6. The number of nitrogens with zero attached hydrogens (tertiary/aromatic N) is 3. The largest absolute Gasteiger partial charge is 0.493 e. The van der Waals surface area contributed by atoms with Crippen LogP contribution >= 0.6 is 11.5 Å². The molecule has 1 aromatic heterocycles. The third-order valence-corrected chi connectivity index (χ3v) is 6.77. The number of benzene rings is 2. The van der Waals surface area contributed by atoms with Gasteiger partial charge in [-0.15, -0.1) is 0 Å². The van der Waals surface area contributed by atoms with Gasteiger partial charge < -0.3 is 19.7 Å². The van der Waals surface area contributed by atoms with Crippen molar-refractivity contribution in [3.8, 4) is 11.5 Å². The van der Waals surface area contributed by atoms with Crippen LogP contribution < -0.4 is 19.7 Å². The average molecular weight is 467 g/mol. The number of carbonyl (C=O) groups excluding carboxylic acids is 1. The molecule has 174 valence electrons. The van der Waals surface area contributed by atoms with E-state index in [9.17, 15) is 4.79 Å². The number of anilines is 1. The zero-order valence-electron chi connectivity index (χ0n) is 19.1. The highest BCUT2D eigenvalue weighted by molar-refractivity contribution is 7.09. The van der Waals surface area contributed by atoms with Crippen LogP contribution in [0.25, 0.3) is 0 Å². The molecule has 1 aliphatic rings. The Balaban J connectivity index is 1.22. The van der Waals surface area contributed by atoms with Crippen LogP contribution in [0.1, 0.15) is 29.8 Å². The van der Waals surface area contributed by atoms with Gasteiger partial charge in [-0.25, -0.2) is 4.98 Å². The quantitative estimate of drug-likeness (QED) is 0.518. The van der Waals surface area contributed by atoms with E-state index in [0.29, 0.717) is 18.0 Å². The van der Waals surface area contributed by atoms with E-state index in [-0.39, 0.29) is 11.8 Å². The van der Waals surface area contributed by atoms with Gasteiger partial charge in [0.2, 0.25) is 11.0 Å². The van der Waals surface area contributed by atoms with Crippen LogP contribution in [0.15, 0.2) is 48.5 Å². The number of piperidine rings is 1. The molecule has 2 aromatic carbocycles. The van der Waals surface area contributed by atoms with E-state index in [1.807, 2.05) is 36.4 Å². The molecule has 0 bridgehead atoms. The van der Waals surface area contributed by atoms with Crippen molar-refractivity contribution in [3.05, 3.63) is 65.5 Å². The molecule has 7 nitrogen and oxygen atoms in total. The Morgan fingerprint density at radius 1 is 1.06 bits per heavy atom. The number of hydrogen-bond acceptors (Lipinski definition) is 7. The standard InChI is InChI=1S/C25H30N4O3S/c1-31-21-9-8-19(16-22(21)32-2)10-13-26-24(30)20-11-14-29(15-12-20)25-27-23(28-33-25)17-18-6-4-3-5-7-18/h3-9,16,20H,10-15,17H2,1-2H3,(H,26,30). The predicted octanol–water partition coefficient (Wildman–Crippen LogP) is 3.72. The van der Waals surface area contributed by atoms with Gasteiger partial charge >= 0.3 is 0 Å². The maximum Gasteiger partial charge on any atom is 0.223 e. The van der Waals surface area contributed by atoms with Crippen LogP contribution in [-0.4, -0.2) is 49.1 Å². The summed E-state index contributed by atoms with van der Waals surface area (Å²) >= 11 is 1.45. The van der Waals surface area contributed by atoms with Gasteiger partial charge in [0, 0.05) is 43.5 Å². The minimum atomic E-state index is 0.0448. The second kappa shape index (κ2) is 11.1. The monoisotopic (exact) mass is 466 g/mol. The zero-order valence-corrected chi connectivity index (χ0v) is 19.9. The van der Waals surface area contributed by atoms with Gasteiger partial charge in [-0.3, -0.25) is 4.79 Å². The number of aromatic nitrogens is 2. The van der Waals surface area contributed by atoms with Crippen molar-refractivity contribution < 1.29 is 14.3 Å². The molecule has 4 rings (SSSR count). The number of nitrogens with one attached hydrogen (secondary N) is 1. The molecular formula is C25H30N4O3S. The van der Waals surface area contributed by atoms with Crippen LogP contribution in [0.2, 0.25) is 0 Å². The third kappa shape index (κ3) is 6.01. The molecule has 1 fully saturated rings. The minimum absolute atomic E-state index is 0.0448. The van der Waals surface area contributed by atoms with Crippen molar-refractivity contribution in [2.24, 2.45) is 5.92 Å². The van der Waals surface area contributed by atoms with E-state index in [0.717, 1.165) is 55.3 Å². The molecule has 0 unspecified atom stereocenters.